The van der Waals surface area contributed by atoms with Crippen LogP contribution in [0.15, 0.2) is 101 Å². The zero-order valence-corrected chi connectivity index (χ0v) is 23.6. The van der Waals surface area contributed by atoms with Gasteiger partial charge < -0.3 is 9.47 Å². The van der Waals surface area contributed by atoms with Gasteiger partial charge in [0.25, 0.3) is 11.8 Å². The second kappa shape index (κ2) is 12.4. The molecule has 4 aromatic carbocycles. The molecule has 5 rings (SSSR count). The topological polar surface area (TPSA) is 84.9 Å². The van der Waals surface area contributed by atoms with Crippen LogP contribution in [-0.2, 0) is 22.8 Å². The molecule has 1 heterocycles. The van der Waals surface area contributed by atoms with E-state index in [1.54, 1.807) is 60.7 Å². The maximum absolute atomic E-state index is 13.3. The standard InChI is InChI=1S/C31H21BrClFN2O5/c32-26-16-20(7-14-28(26)41-17-19-5-8-22(34)9-6-19)15-25-29(37)35-31(39)36(30(25)38)23-10-12-24(13-11-23)40-18-21-3-1-2-4-27(21)33/h1-16H,17-18H2,(H,35,37,39)/b25-15+. The number of carbonyl (C=O) groups excluding carboxylic acids is 3. The SMILES string of the molecule is O=C1NC(=O)N(c2ccc(OCc3ccccc3Cl)cc2)C(=O)/C1=C/c1ccc(OCc2ccc(F)cc2)c(Br)c1. The highest BCUT2D eigenvalue weighted by molar-refractivity contribution is 9.10. The molecule has 206 valence electrons. The Kier molecular flexibility index (Phi) is 8.47. The van der Waals surface area contributed by atoms with Gasteiger partial charge in [0.15, 0.2) is 0 Å². The Balaban J connectivity index is 1.29. The fourth-order valence-electron chi connectivity index (χ4n) is 3.99. The zero-order valence-electron chi connectivity index (χ0n) is 21.3. The molecule has 0 aromatic heterocycles. The van der Waals surface area contributed by atoms with Gasteiger partial charge in [-0.25, -0.2) is 14.1 Å². The number of amides is 4. The number of rotatable bonds is 8. The molecule has 0 radical (unpaired) electrons. The van der Waals surface area contributed by atoms with E-state index in [4.69, 9.17) is 21.1 Å². The number of carbonyl (C=O) groups is 3. The van der Waals surface area contributed by atoms with E-state index in [0.717, 1.165) is 16.0 Å². The normalized spacial score (nSPS) is 14.3. The fraction of sp³-hybridized carbons (Fsp3) is 0.0645. The summed E-state index contributed by atoms with van der Waals surface area (Å²) in [6.07, 6.45) is 1.40. The summed E-state index contributed by atoms with van der Waals surface area (Å²) >= 11 is 9.61. The lowest BCUT2D eigenvalue weighted by Crippen LogP contribution is -2.54. The number of anilines is 1. The van der Waals surface area contributed by atoms with Crippen LogP contribution in [0.25, 0.3) is 6.08 Å². The number of nitrogens with one attached hydrogen (secondary N) is 1. The molecule has 10 heteroatoms. The van der Waals surface area contributed by atoms with Crippen LogP contribution in [0.3, 0.4) is 0 Å². The number of halogens is 3. The number of barbiturate groups is 1. The minimum absolute atomic E-state index is 0.212. The third kappa shape index (κ3) is 6.65. The molecule has 0 atom stereocenters. The van der Waals surface area contributed by atoms with E-state index >= 15 is 0 Å². The summed E-state index contributed by atoms with van der Waals surface area (Å²) in [6, 6.07) is 23.8. The van der Waals surface area contributed by atoms with Gasteiger partial charge in [0, 0.05) is 10.6 Å². The van der Waals surface area contributed by atoms with Crippen molar-refractivity contribution in [2.24, 2.45) is 0 Å². The van der Waals surface area contributed by atoms with Crippen LogP contribution in [0.1, 0.15) is 16.7 Å². The molecular weight excluding hydrogens is 615 g/mol. The van der Waals surface area contributed by atoms with Gasteiger partial charge >= 0.3 is 6.03 Å². The maximum atomic E-state index is 13.3. The van der Waals surface area contributed by atoms with Crippen LogP contribution in [0.2, 0.25) is 5.02 Å². The first-order valence-electron chi connectivity index (χ1n) is 12.3. The Morgan fingerprint density at radius 2 is 1.61 bits per heavy atom. The first-order chi connectivity index (χ1) is 19.8. The lowest BCUT2D eigenvalue weighted by Gasteiger charge is -2.26. The minimum Gasteiger partial charge on any atom is -0.489 e. The number of urea groups is 1. The molecule has 1 saturated heterocycles. The summed E-state index contributed by atoms with van der Waals surface area (Å²) in [6.45, 7) is 0.469. The van der Waals surface area contributed by atoms with Crippen LogP contribution in [0.4, 0.5) is 14.9 Å². The number of imide groups is 2. The molecule has 0 spiro atoms. The predicted molar refractivity (Wildman–Crippen MR) is 156 cm³/mol. The third-order valence-corrected chi connectivity index (χ3v) is 7.11. The number of benzene rings is 4. The molecule has 0 unspecified atom stereocenters. The molecule has 4 amide bonds. The van der Waals surface area contributed by atoms with Gasteiger partial charge in [-0.15, -0.1) is 0 Å². The molecule has 0 aliphatic carbocycles. The fourth-order valence-corrected chi connectivity index (χ4v) is 4.69. The van der Waals surface area contributed by atoms with Gasteiger partial charge in [-0.2, -0.15) is 0 Å². The third-order valence-electron chi connectivity index (χ3n) is 6.12. The smallest absolute Gasteiger partial charge is 0.335 e. The van der Waals surface area contributed by atoms with Gasteiger partial charge in [-0.05, 0) is 87.7 Å². The molecule has 1 aliphatic heterocycles. The molecule has 4 aromatic rings. The van der Waals surface area contributed by atoms with Gasteiger partial charge in [0.05, 0.1) is 10.2 Å². The Hall–Kier alpha value is -4.47. The predicted octanol–water partition coefficient (Wildman–Crippen LogP) is 7.07. The van der Waals surface area contributed by atoms with Gasteiger partial charge in [0.1, 0.15) is 36.1 Å². The van der Waals surface area contributed by atoms with Crippen molar-refractivity contribution in [1.82, 2.24) is 5.32 Å². The Morgan fingerprint density at radius 3 is 2.32 bits per heavy atom. The lowest BCUT2D eigenvalue weighted by atomic mass is 10.1. The van der Waals surface area contributed by atoms with E-state index < -0.39 is 17.8 Å². The van der Waals surface area contributed by atoms with Crippen molar-refractivity contribution in [2.45, 2.75) is 13.2 Å². The van der Waals surface area contributed by atoms with Crippen LogP contribution in [0.5, 0.6) is 11.5 Å². The van der Waals surface area contributed by atoms with Gasteiger partial charge in [-0.3, -0.25) is 14.9 Å². The molecule has 7 nitrogen and oxygen atoms in total. The quantitative estimate of drug-likeness (QED) is 0.165. The highest BCUT2D eigenvalue weighted by Crippen LogP contribution is 2.29. The summed E-state index contributed by atoms with van der Waals surface area (Å²) in [5.41, 5.74) is 2.19. The minimum atomic E-state index is -0.854. The Bertz CT molecular complexity index is 1660. The molecule has 0 saturated carbocycles. The molecular formula is C31H21BrClFN2O5. The van der Waals surface area contributed by atoms with Crippen molar-refractivity contribution in [1.29, 1.82) is 0 Å². The average molecular weight is 636 g/mol. The number of hydrogen-bond acceptors (Lipinski definition) is 5. The van der Waals surface area contributed by atoms with Crippen LogP contribution < -0.4 is 19.7 Å². The summed E-state index contributed by atoms with van der Waals surface area (Å²) in [7, 11) is 0. The van der Waals surface area contributed by atoms with Crippen molar-refractivity contribution >= 4 is 57.1 Å². The van der Waals surface area contributed by atoms with Crippen LogP contribution >= 0.6 is 27.5 Å². The second-order valence-corrected chi connectivity index (χ2v) is 10.2. The van der Waals surface area contributed by atoms with Crippen molar-refractivity contribution in [3.8, 4) is 11.5 Å². The average Bonchev–Trinajstić information content (AvgIpc) is 2.96. The molecule has 1 N–H and O–H groups in total. The van der Waals surface area contributed by atoms with E-state index in [2.05, 4.69) is 21.2 Å². The lowest BCUT2D eigenvalue weighted by molar-refractivity contribution is -0.122. The van der Waals surface area contributed by atoms with Crippen molar-refractivity contribution < 1.29 is 28.2 Å². The van der Waals surface area contributed by atoms with E-state index in [1.807, 2.05) is 18.2 Å². The summed E-state index contributed by atoms with van der Waals surface area (Å²) in [5.74, 6) is -0.869. The summed E-state index contributed by atoms with van der Waals surface area (Å²) in [4.78, 5) is 39.4. The largest absolute Gasteiger partial charge is 0.489 e. The Morgan fingerprint density at radius 1 is 0.878 bits per heavy atom. The van der Waals surface area contributed by atoms with Crippen LogP contribution in [-0.4, -0.2) is 17.8 Å². The molecule has 1 aliphatic rings. The highest BCUT2D eigenvalue weighted by Gasteiger charge is 2.36. The van der Waals surface area contributed by atoms with Crippen molar-refractivity contribution in [2.75, 3.05) is 4.90 Å². The summed E-state index contributed by atoms with van der Waals surface area (Å²) < 4.78 is 25.3. The number of ether oxygens (including phenoxy) is 2. The maximum Gasteiger partial charge on any atom is 0.335 e. The van der Waals surface area contributed by atoms with Crippen LogP contribution in [0, 0.1) is 5.82 Å². The number of hydrogen-bond donors (Lipinski definition) is 1. The zero-order chi connectivity index (χ0) is 28.9. The second-order valence-electron chi connectivity index (χ2n) is 8.94. The highest BCUT2D eigenvalue weighted by atomic mass is 79.9. The first-order valence-corrected chi connectivity index (χ1v) is 13.5. The van der Waals surface area contributed by atoms with Crippen molar-refractivity contribution in [3.63, 3.8) is 0 Å². The van der Waals surface area contributed by atoms with E-state index in [0.29, 0.717) is 26.6 Å². The molecule has 41 heavy (non-hydrogen) atoms. The summed E-state index contributed by atoms with van der Waals surface area (Å²) in [5, 5.41) is 2.80. The Labute approximate surface area is 248 Å². The van der Waals surface area contributed by atoms with E-state index in [1.165, 1.54) is 18.2 Å². The van der Waals surface area contributed by atoms with Crippen molar-refractivity contribution in [3.05, 3.63) is 129 Å². The molecule has 1 fully saturated rings. The van der Waals surface area contributed by atoms with E-state index in [9.17, 15) is 18.8 Å². The van der Waals surface area contributed by atoms with Gasteiger partial charge in [-0.1, -0.05) is 48.0 Å². The first kappa shape index (κ1) is 28.1. The van der Waals surface area contributed by atoms with E-state index in [-0.39, 0.29) is 30.3 Å². The number of nitrogens with zero attached hydrogens (tertiary/aromatic N) is 1. The van der Waals surface area contributed by atoms with Gasteiger partial charge in [0.2, 0.25) is 0 Å². The molecule has 0 bridgehead atoms. The monoisotopic (exact) mass is 634 g/mol.